The summed E-state index contributed by atoms with van der Waals surface area (Å²) in [4.78, 5) is 22.7. The molecule has 0 amide bonds. The van der Waals surface area contributed by atoms with Gasteiger partial charge in [0.15, 0.2) is 0 Å². The van der Waals surface area contributed by atoms with Gasteiger partial charge < -0.3 is 14.2 Å². The van der Waals surface area contributed by atoms with Gasteiger partial charge in [-0.25, -0.2) is 9.59 Å². The van der Waals surface area contributed by atoms with Gasteiger partial charge >= 0.3 is 11.9 Å². The van der Waals surface area contributed by atoms with E-state index in [1.807, 2.05) is 6.92 Å². The number of carbonyl (C=O) groups excluding carboxylic acids is 2. The summed E-state index contributed by atoms with van der Waals surface area (Å²) in [6.45, 7) is 5.60. The monoisotopic (exact) mass is 328 g/mol. The van der Waals surface area contributed by atoms with Crippen molar-refractivity contribution in [3.8, 4) is 0 Å². The first-order chi connectivity index (χ1) is 11.2. The van der Waals surface area contributed by atoms with Gasteiger partial charge in [-0.3, -0.25) is 0 Å². The van der Waals surface area contributed by atoms with E-state index in [9.17, 15) is 9.59 Å². The SMILES string of the molecule is CCCCCCCCCCOC(=O)/C=C/C(=O)OCCOCC. The van der Waals surface area contributed by atoms with Gasteiger partial charge in [0.25, 0.3) is 0 Å². The van der Waals surface area contributed by atoms with E-state index in [4.69, 9.17) is 14.2 Å². The standard InChI is InChI=1S/C18H32O5/c1-3-5-6-7-8-9-10-11-14-22-17(19)12-13-18(20)23-16-15-21-4-2/h12-13H,3-11,14-16H2,1-2H3/b13-12+. The molecule has 134 valence electrons. The van der Waals surface area contributed by atoms with Crippen LogP contribution in [-0.2, 0) is 23.8 Å². The van der Waals surface area contributed by atoms with Gasteiger partial charge in [0.1, 0.15) is 6.61 Å². The zero-order valence-corrected chi connectivity index (χ0v) is 14.7. The Kier molecular flexibility index (Phi) is 16.0. The molecule has 0 rings (SSSR count). The van der Waals surface area contributed by atoms with Crippen LogP contribution in [0.15, 0.2) is 12.2 Å². The molecule has 0 atom stereocenters. The highest BCUT2D eigenvalue weighted by molar-refractivity contribution is 5.91. The summed E-state index contributed by atoms with van der Waals surface area (Å²) in [6, 6.07) is 0. The molecule has 0 fully saturated rings. The molecule has 0 N–H and O–H groups in total. The first kappa shape index (κ1) is 21.6. The Balaban J connectivity index is 3.45. The molecule has 0 aromatic heterocycles. The fourth-order valence-electron chi connectivity index (χ4n) is 1.99. The van der Waals surface area contributed by atoms with Crippen LogP contribution >= 0.6 is 0 Å². The number of ether oxygens (including phenoxy) is 3. The molecule has 0 unspecified atom stereocenters. The molecule has 5 nitrogen and oxygen atoms in total. The second-order valence-corrected chi connectivity index (χ2v) is 5.34. The van der Waals surface area contributed by atoms with Crippen molar-refractivity contribution >= 4 is 11.9 Å². The maximum absolute atomic E-state index is 11.4. The normalized spacial score (nSPS) is 10.9. The number of hydrogen-bond acceptors (Lipinski definition) is 5. The van der Waals surface area contributed by atoms with Crippen LogP contribution < -0.4 is 0 Å². The molecule has 0 aliphatic rings. The second kappa shape index (κ2) is 17.0. The average Bonchev–Trinajstić information content (AvgIpc) is 2.55. The predicted molar refractivity (Wildman–Crippen MR) is 90.2 cm³/mol. The molecule has 0 radical (unpaired) electrons. The van der Waals surface area contributed by atoms with E-state index in [2.05, 4.69) is 6.92 Å². The van der Waals surface area contributed by atoms with E-state index in [1.165, 1.54) is 38.5 Å². The number of carbonyl (C=O) groups is 2. The third kappa shape index (κ3) is 16.8. The lowest BCUT2D eigenvalue weighted by Crippen LogP contribution is -2.09. The molecular weight excluding hydrogens is 296 g/mol. The van der Waals surface area contributed by atoms with Gasteiger partial charge in [0.05, 0.1) is 13.2 Å². The minimum Gasteiger partial charge on any atom is -0.463 e. The topological polar surface area (TPSA) is 61.8 Å². The lowest BCUT2D eigenvalue weighted by Gasteiger charge is -2.03. The van der Waals surface area contributed by atoms with Gasteiger partial charge in [-0.1, -0.05) is 51.9 Å². The lowest BCUT2D eigenvalue weighted by atomic mass is 10.1. The molecule has 0 aromatic carbocycles. The molecule has 0 saturated carbocycles. The van der Waals surface area contributed by atoms with Gasteiger partial charge in [-0.2, -0.15) is 0 Å². The highest BCUT2D eigenvalue weighted by Crippen LogP contribution is 2.08. The Morgan fingerprint density at radius 1 is 0.696 bits per heavy atom. The molecule has 0 saturated heterocycles. The molecule has 0 spiro atoms. The van der Waals surface area contributed by atoms with Crippen LogP contribution in [0.25, 0.3) is 0 Å². The van der Waals surface area contributed by atoms with Crippen LogP contribution in [0.1, 0.15) is 65.2 Å². The highest BCUT2D eigenvalue weighted by atomic mass is 16.6. The van der Waals surface area contributed by atoms with Crippen molar-refractivity contribution in [2.45, 2.75) is 65.2 Å². The summed E-state index contributed by atoms with van der Waals surface area (Å²) >= 11 is 0. The first-order valence-electron chi connectivity index (χ1n) is 8.80. The smallest absolute Gasteiger partial charge is 0.331 e. The van der Waals surface area contributed by atoms with Crippen LogP contribution in [0, 0.1) is 0 Å². The van der Waals surface area contributed by atoms with E-state index in [-0.39, 0.29) is 6.61 Å². The quantitative estimate of drug-likeness (QED) is 0.260. The minimum atomic E-state index is -0.561. The fourth-order valence-corrected chi connectivity index (χ4v) is 1.99. The average molecular weight is 328 g/mol. The van der Waals surface area contributed by atoms with Crippen LogP contribution in [0.4, 0.5) is 0 Å². The van der Waals surface area contributed by atoms with Crippen LogP contribution in [0.2, 0.25) is 0 Å². The maximum Gasteiger partial charge on any atom is 0.331 e. The Morgan fingerprint density at radius 3 is 1.78 bits per heavy atom. The highest BCUT2D eigenvalue weighted by Gasteiger charge is 2.01. The molecule has 0 aliphatic carbocycles. The van der Waals surface area contributed by atoms with Crippen molar-refractivity contribution in [3.63, 3.8) is 0 Å². The van der Waals surface area contributed by atoms with E-state index in [0.29, 0.717) is 19.8 Å². The summed E-state index contributed by atoms with van der Waals surface area (Å²) < 4.78 is 14.9. The van der Waals surface area contributed by atoms with Crippen molar-refractivity contribution in [2.24, 2.45) is 0 Å². The van der Waals surface area contributed by atoms with E-state index in [0.717, 1.165) is 25.0 Å². The minimum absolute atomic E-state index is 0.185. The summed E-state index contributed by atoms with van der Waals surface area (Å²) in [5.74, 6) is -1.07. The Hall–Kier alpha value is -1.36. The lowest BCUT2D eigenvalue weighted by molar-refractivity contribution is -0.141. The van der Waals surface area contributed by atoms with Crippen molar-refractivity contribution in [3.05, 3.63) is 12.2 Å². The number of hydrogen-bond donors (Lipinski definition) is 0. The van der Waals surface area contributed by atoms with Gasteiger partial charge in [-0.15, -0.1) is 0 Å². The molecule has 0 bridgehead atoms. The largest absolute Gasteiger partial charge is 0.463 e. The van der Waals surface area contributed by atoms with Gasteiger partial charge in [0, 0.05) is 18.8 Å². The zero-order chi connectivity index (χ0) is 17.2. The second-order valence-electron chi connectivity index (χ2n) is 5.34. The summed E-state index contributed by atoms with van der Waals surface area (Å²) in [5, 5.41) is 0. The number of unbranched alkanes of at least 4 members (excludes halogenated alkanes) is 7. The van der Waals surface area contributed by atoms with E-state index >= 15 is 0 Å². The summed E-state index contributed by atoms with van der Waals surface area (Å²) in [7, 11) is 0. The van der Waals surface area contributed by atoms with Crippen LogP contribution in [0.3, 0.4) is 0 Å². The van der Waals surface area contributed by atoms with Crippen LogP contribution in [0.5, 0.6) is 0 Å². The van der Waals surface area contributed by atoms with Gasteiger partial charge in [0.2, 0.25) is 0 Å². The fraction of sp³-hybridized carbons (Fsp3) is 0.778. The molecular formula is C18H32O5. The molecule has 23 heavy (non-hydrogen) atoms. The van der Waals surface area contributed by atoms with E-state index < -0.39 is 11.9 Å². The van der Waals surface area contributed by atoms with Crippen molar-refractivity contribution < 1.29 is 23.8 Å². The van der Waals surface area contributed by atoms with Crippen molar-refractivity contribution in [1.82, 2.24) is 0 Å². The molecule has 0 aliphatic heterocycles. The third-order valence-corrected chi connectivity index (χ3v) is 3.27. The Labute approximate surface area is 140 Å². The zero-order valence-electron chi connectivity index (χ0n) is 14.7. The van der Waals surface area contributed by atoms with Crippen molar-refractivity contribution in [1.29, 1.82) is 0 Å². The third-order valence-electron chi connectivity index (χ3n) is 3.27. The van der Waals surface area contributed by atoms with Gasteiger partial charge in [-0.05, 0) is 13.3 Å². The number of rotatable bonds is 15. The summed E-state index contributed by atoms with van der Waals surface area (Å²) in [6.07, 6.45) is 11.8. The molecule has 0 aromatic rings. The number of esters is 2. The first-order valence-corrected chi connectivity index (χ1v) is 8.80. The van der Waals surface area contributed by atoms with E-state index in [1.54, 1.807) is 0 Å². The molecule has 5 heteroatoms. The summed E-state index contributed by atoms with van der Waals surface area (Å²) in [5.41, 5.74) is 0. The maximum atomic E-state index is 11.4. The Bertz CT molecular complexity index is 325. The van der Waals surface area contributed by atoms with Crippen LogP contribution in [-0.4, -0.2) is 38.4 Å². The Morgan fingerprint density at radius 2 is 1.22 bits per heavy atom. The van der Waals surface area contributed by atoms with Crippen molar-refractivity contribution in [2.75, 3.05) is 26.4 Å². The molecule has 0 heterocycles. The predicted octanol–water partition coefficient (Wildman–Crippen LogP) is 3.81.